The van der Waals surface area contributed by atoms with E-state index in [2.05, 4.69) is 53.4 Å². The highest BCUT2D eigenvalue weighted by molar-refractivity contribution is 14.0. The van der Waals surface area contributed by atoms with Crippen molar-refractivity contribution in [1.82, 2.24) is 15.6 Å². The van der Waals surface area contributed by atoms with Gasteiger partial charge in [-0.2, -0.15) is 0 Å². The molecule has 1 aromatic heterocycles. The lowest BCUT2D eigenvalue weighted by molar-refractivity contribution is 0.414. The summed E-state index contributed by atoms with van der Waals surface area (Å²) in [6.07, 6.45) is 1.16. The van der Waals surface area contributed by atoms with Gasteiger partial charge >= 0.3 is 0 Å². The van der Waals surface area contributed by atoms with Crippen LogP contribution in [0.25, 0.3) is 0 Å². The van der Waals surface area contributed by atoms with Crippen molar-refractivity contribution in [3.63, 3.8) is 0 Å². The summed E-state index contributed by atoms with van der Waals surface area (Å²) in [5.74, 6) is 2.39. The molecule has 0 amide bonds. The lowest BCUT2D eigenvalue weighted by atomic mass is 10.1. The smallest absolute Gasteiger partial charge is 0.191 e. The first-order chi connectivity index (χ1) is 13.6. The van der Waals surface area contributed by atoms with Crippen LogP contribution in [0.15, 0.2) is 29.3 Å². The van der Waals surface area contributed by atoms with Crippen LogP contribution < -0.4 is 20.3 Å². The van der Waals surface area contributed by atoms with E-state index >= 15 is 0 Å². The van der Waals surface area contributed by atoms with E-state index in [9.17, 15) is 0 Å². The van der Waals surface area contributed by atoms with Crippen molar-refractivity contribution in [2.24, 2.45) is 10.9 Å². The highest BCUT2D eigenvalue weighted by atomic mass is 127. The average molecular weight is 529 g/mol. The standard InChI is InChI=1S/C21H31N5OS.HI/c1-5-22-21(24-13-20-25-15(2)16(3)28-20)23-12-17-10-11-26(14-17)18-8-6-7-9-19(18)27-4;/h6-9,17H,5,10-14H2,1-4H3,(H2,22,23,24);1H. The molecule has 1 fully saturated rings. The number of aliphatic imine (C=N–C) groups is 1. The number of nitrogens with zero attached hydrogens (tertiary/aromatic N) is 3. The number of nitrogens with one attached hydrogen (secondary N) is 2. The van der Waals surface area contributed by atoms with E-state index < -0.39 is 0 Å². The maximum absolute atomic E-state index is 5.52. The minimum atomic E-state index is 0. The monoisotopic (exact) mass is 529 g/mol. The normalized spacial score (nSPS) is 16.5. The van der Waals surface area contributed by atoms with E-state index in [1.165, 1.54) is 10.6 Å². The molecule has 0 aliphatic carbocycles. The highest BCUT2D eigenvalue weighted by Gasteiger charge is 2.24. The highest BCUT2D eigenvalue weighted by Crippen LogP contribution is 2.31. The maximum Gasteiger partial charge on any atom is 0.191 e. The predicted octanol–water partition coefficient (Wildman–Crippen LogP) is 3.97. The van der Waals surface area contributed by atoms with Gasteiger partial charge in [-0.05, 0) is 45.2 Å². The Morgan fingerprint density at radius 2 is 2.10 bits per heavy atom. The molecule has 0 bridgehead atoms. The number of ether oxygens (including phenoxy) is 1. The predicted molar refractivity (Wildman–Crippen MR) is 133 cm³/mol. The van der Waals surface area contributed by atoms with Crippen LogP contribution in [0.1, 0.15) is 28.9 Å². The topological polar surface area (TPSA) is 61.8 Å². The van der Waals surface area contributed by atoms with E-state index in [4.69, 9.17) is 9.73 Å². The largest absolute Gasteiger partial charge is 0.495 e. The third-order valence-corrected chi connectivity index (χ3v) is 6.12. The van der Waals surface area contributed by atoms with Gasteiger partial charge in [-0.25, -0.2) is 9.98 Å². The Balaban J connectivity index is 0.00000300. The van der Waals surface area contributed by atoms with Gasteiger partial charge in [0.25, 0.3) is 0 Å². The molecular formula is C21H32IN5OS. The third kappa shape index (κ3) is 6.47. The van der Waals surface area contributed by atoms with Crippen LogP contribution in [-0.4, -0.2) is 44.2 Å². The van der Waals surface area contributed by atoms with Gasteiger partial charge in [0, 0.05) is 31.1 Å². The SMILES string of the molecule is CCNC(=NCc1nc(C)c(C)s1)NCC1CCN(c2ccccc2OC)C1.I. The minimum absolute atomic E-state index is 0. The fourth-order valence-corrected chi connectivity index (χ4v) is 4.30. The molecule has 6 nitrogen and oxygen atoms in total. The number of guanidine groups is 1. The van der Waals surface area contributed by atoms with Gasteiger partial charge in [-0.3, -0.25) is 0 Å². The van der Waals surface area contributed by atoms with E-state index in [0.717, 1.165) is 55.0 Å². The van der Waals surface area contributed by atoms with E-state index in [0.29, 0.717) is 12.5 Å². The number of anilines is 1. The second kappa shape index (κ2) is 11.6. The Hall–Kier alpha value is -1.55. The zero-order valence-electron chi connectivity index (χ0n) is 17.7. The molecule has 1 atom stereocenters. The fourth-order valence-electron chi connectivity index (χ4n) is 3.45. The Kier molecular flexibility index (Phi) is 9.48. The lowest BCUT2D eigenvalue weighted by Crippen LogP contribution is -2.40. The fraction of sp³-hybridized carbons (Fsp3) is 0.524. The Morgan fingerprint density at radius 1 is 1.31 bits per heavy atom. The van der Waals surface area contributed by atoms with Crippen molar-refractivity contribution < 1.29 is 4.74 Å². The van der Waals surface area contributed by atoms with Crippen LogP contribution in [0.3, 0.4) is 0 Å². The van der Waals surface area contributed by atoms with Crippen molar-refractivity contribution in [2.75, 3.05) is 38.2 Å². The van der Waals surface area contributed by atoms with Crippen LogP contribution in [-0.2, 0) is 6.54 Å². The van der Waals surface area contributed by atoms with E-state index in [-0.39, 0.29) is 24.0 Å². The molecule has 2 aromatic rings. The molecule has 0 radical (unpaired) electrons. The van der Waals surface area contributed by atoms with E-state index in [1.54, 1.807) is 18.4 Å². The number of rotatable bonds is 7. The number of halogens is 1. The molecule has 1 aliphatic rings. The molecule has 1 saturated heterocycles. The summed E-state index contributed by atoms with van der Waals surface area (Å²) in [5, 5.41) is 7.92. The molecule has 0 saturated carbocycles. The number of hydrogen-bond acceptors (Lipinski definition) is 5. The molecule has 2 heterocycles. The van der Waals surface area contributed by atoms with Crippen LogP contribution in [0.2, 0.25) is 0 Å². The number of benzene rings is 1. The van der Waals surface area contributed by atoms with Gasteiger partial charge < -0.3 is 20.3 Å². The summed E-state index contributed by atoms with van der Waals surface area (Å²) >= 11 is 1.73. The molecule has 3 rings (SSSR count). The molecule has 1 aromatic carbocycles. The van der Waals surface area contributed by atoms with Crippen LogP contribution in [0.5, 0.6) is 5.75 Å². The number of thiazole rings is 1. The molecule has 1 aliphatic heterocycles. The number of methoxy groups -OCH3 is 1. The molecular weight excluding hydrogens is 497 g/mol. The summed E-state index contributed by atoms with van der Waals surface area (Å²) in [6, 6.07) is 8.25. The Labute approximate surface area is 195 Å². The zero-order valence-corrected chi connectivity index (χ0v) is 20.8. The zero-order chi connectivity index (χ0) is 19.9. The number of aromatic nitrogens is 1. The molecule has 160 valence electrons. The minimum Gasteiger partial charge on any atom is -0.495 e. The number of aryl methyl sites for hydroxylation is 2. The van der Waals surface area contributed by atoms with Gasteiger partial charge in [0.05, 0.1) is 25.0 Å². The molecule has 8 heteroatoms. The quantitative estimate of drug-likeness (QED) is 0.323. The van der Waals surface area contributed by atoms with Gasteiger partial charge in [-0.15, -0.1) is 35.3 Å². The van der Waals surface area contributed by atoms with E-state index in [1.807, 2.05) is 12.1 Å². The van der Waals surface area contributed by atoms with Gasteiger partial charge in [0.15, 0.2) is 5.96 Å². The average Bonchev–Trinajstić information content (AvgIpc) is 3.30. The van der Waals surface area contributed by atoms with Crippen molar-refractivity contribution in [2.45, 2.75) is 33.7 Å². The number of para-hydroxylation sites is 2. The van der Waals surface area contributed by atoms with Gasteiger partial charge in [-0.1, -0.05) is 12.1 Å². The summed E-state index contributed by atoms with van der Waals surface area (Å²) in [5.41, 5.74) is 2.29. The molecule has 1 unspecified atom stereocenters. The van der Waals surface area contributed by atoms with Crippen molar-refractivity contribution in [1.29, 1.82) is 0 Å². The third-order valence-electron chi connectivity index (χ3n) is 5.06. The second-order valence-electron chi connectivity index (χ2n) is 7.10. The van der Waals surface area contributed by atoms with Crippen LogP contribution in [0, 0.1) is 19.8 Å². The first-order valence-corrected chi connectivity index (χ1v) is 10.8. The Morgan fingerprint density at radius 3 is 2.79 bits per heavy atom. The summed E-state index contributed by atoms with van der Waals surface area (Å²) in [6.45, 7) is 10.7. The van der Waals surface area contributed by atoms with Crippen molar-refractivity contribution in [3.05, 3.63) is 39.8 Å². The molecule has 29 heavy (non-hydrogen) atoms. The number of hydrogen-bond donors (Lipinski definition) is 2. The molecule has 2 N–H and O–H groups in total. The molecule has 0 spiro atoms. The summed E-state index contributed by atoms with van der Waals surface area (Å²) in [4.78, 5) is 13.0. The second-order valence-corrected chi connectivity index (χ2v) is 8.39. The van der Waals surface area contributed by atoms with Gasteiger partial charge in [0.1, 0.15) is 10.8 Å². The van der Waals surface area contributed by atoms with Gasteiger partial charge in [0.2, 0.25) is 0 Å². The summed E-state index contributed by atoms with van der Waals surface area (Å²) < 4.78 is 5.52. The lowest BCUT2D eigenvalue weighted by Gasteiger charge is -2.21. The van der Waals surface area contributed by atoms with Crippen molar-refractivity contribution in [3.8, 4) is 5.75 Å². The maximum atomic E-state index is 5.52. The van der Waals surface area contributed by atoms with Crippen LogP contribution >= 0.6 is 35.3 Å². The summed E-state index contributed by atoms with van der Waals surface area (Å²) in [7, 11) is 1.73. The Bertz CT molecular complexity index is 791. The first-order valence-electron chi connectivity index (χ1n) is 9.93. The van der Waals surface area contributed by atoms with Crippen molar-refractivity contribution >= 4 is 47.0 Å². The first kappa shape index (κ1) is 23.7. The van der Waals surface area contributed by atoms with Crippen LogP contribution in [0.4, 0.5) is 5.69 Å².